The van der Waals surface area contributed by atoms with Crippen molar-refractivity contribution in [3.8, 4) is 0 Å². The molecule has 1 rings (SSSR count). The molecule has 1 aromatic carbocycles. The maximum atomic E-state index is 5.50. The first-order chi connectivity index (χ1) is 5.74. The largest absolute Gasteiger partial charge is 1.00 e. The minimum Gasteiger partial charge on any atom is -1.00 e. The van der Waals surface area contributed by atoms with E-state index in [1.807, 2.05) is 24.3 Å². The molecule has 0 aliphatic rings. The SMILES string of the molecule is NCc1ccccc1NC(N)=S.[H-].[Na+]. The summed E-state index contributed by atoms with van der Waals surface area (Å²) in [4.78, 5) is 0. The molecule has 3 nitrogen and oxygen atoms in total. The minimum absolute atomic E-state index is 0. The second kappa shape index (κ2) is 6.34. The van der Waals surface area contributed by atoms with E-state index in [4.69, 9.17) is 23.7 Å². The van der Waals surface area contributed by atoms with Gasteiger partial charge in [-0.3, -0.25) is 0 Å². The Bertz CT molecular complexity index is 296. The molecule has 13 heavy (non-hydrogen) atoms. The van der Waals surface area contributed by atoms with Gasteiger partial charge in [0.15, 0.2) is 5.11 Å². The molecule has 0 saturated heterocycles. The number of rotatable bonds is 2. The number of benzene rings is 1. The zero-order valence-electron chi connectivity index (χ0n) is 8.58. The van der Waals surface area contributed by atoms with Crippen molar-refractivity contribution in [3.63, 3.8) is 0 Å². The Hall–Kier alpha value is -0.130. The van der Waals surface area contributed by atoms with Crippen LogP contribution in [0.3, 0.4) is 0 Å². The number of nitrogens with two attached hydrogens (primary N) is 2. The second-order valence-electron chi connectivity index (χ2n) is 2.35. The van der Waals surface area contributed by atoms with Crippen LogP contribution in [0.1, 0.15) is 6.99 Å². The third-order valence-electron chi connectivity index (χ3n) is 1.50. The van der Waals surface area contributed by atoms with Crippen molar-refractivity contribution in [2.75, 3.05) is 5.32 Å². The summed E-state index contributed by atoms with van der Waals surface area (Å²) < 4.78 is 0. The standard InChI is InChI=1S/C8H11N3S.Na.H/c9-5-6-3-1-2-4-7(6)11-8(10)12;;/h1-4H,5,9H2,(H3,10,11,12);;/q;+1;-1. The summed E-state index contributed by atoms with van der Waals surface area (Å²) >= 11 is 4.71. The fourth-order valence-electron chi connectivity index (χ4n) is 0.953. The first kappa shape index (κ1) is 12.9. The van der Waals surface area contributed by atoms with E-state index in [0.29, 0.717) is 6.54 Å². The Morgan fingerprint density at radius 3 is 2.62 bits per heavy atom. The maximum Gasteiger partial charge on any atom is 1.00 e. The van der Waals surface area contributed by atoms with Crippen molar-refractivity contribution in [3.05, 3.63) is 29.8 Å². The zero-order valence-corrected chi connectivity index (χ0v) is 10.4. The molecule has 0 heterocycles. The van der Waals surface area contributed by atoms with Gasteiger partial charge in [0.2, 0.25) is 0 Å². The summed E-state index contributed by atoms with van der Waals surface area (Å²) in [7, 11) is 0. The van der Waals surface area contributed by atoms with Crippen molar-refractivity contribution in [2.24, 2.45) is 11.5 Å². The minimum atomic E-state index is 0. The van der Waals surface area contributed by atoms with Gasteiger partial charge in [-0.25, -0.2) is 0 Å². The van der Waals surface area contributed by atoms with E-state index in [0.717, 1.165) is 11.3 Å². The second-order valence-corrected chi connectivity index (χ2v) is 2.79. The van der Waals surface area contributed by atoms with Gasteiger partial charge in [0.1, 0.15) is 0 Å². The number of hydrogen-bond acceptors (Lipinski definition) is 2. The quantitative estimate of drug-likeness (QED) is 0.383. The van der Waals surface area contributed by atoms with Gasteiger partial charge in [0.05, 0.1) is 0 Å². The molecule has 0 aliphatic carbocycles. The van der Waals surface area contributed by atoms with Gasteiger partial charge in [-0.1, -0.05) is 18.2 Å². The first-order valence-corrected chi connectivity index (χ1v) is 3.99. The van der Waals surface area contributed by atoms with Crippen LogP contribution in [0.5, 0.6) is 0 Å². The molecular weight excluding hydrogens is 193 g/mol. The van der Waals surface area contributed by atoms with Crippen LogP contribution in [0.4, 0.5) is 5.69 Å². The maximum absolute atomic E-state index is 5.50. The van der Waals surface area contributed by atoms with Crippen molar-refractivity contribution in [2.45, 2.75) is 6.54 Å². The molecule has 5 heteroatoms. The number of thiocarbonyl (C=S) groups is 1. The van der Waals surface area contributed by atoms with Gasteiger partial charge in [0, 0.05) is 12.2 Å². The summed E-state index contributed by atoms with van der Waals surface area (Å²) in [6.45, 7) is 0.478. The Morgan fingerprint density at radius 2 is 2.08 bits per heavy atom. The average molecular weight is 205 g/mol. The summed E-state index contributed by atoms with van der Waals surface area (Å²) in [5.74, 6) is 0. The van der Waals surface area contributed by atoms with E-state index >= 15 is 0 Å². The van der Waals surface area contributed by atoms with Crippen molar-refractivity contribution in [1.82, 2.24) is 0 Å². The molecule has 0 saturated carbocycles. The molecule has 1 aromatic rings. The summed E-state index contributed by atoms with van der Waals surface area (Å²) in [5.41, 5.74) is 12.7. The third-order valence-corrected chi connectivity index (χ3v) is 1.60. The molecular formula is C8H12N3NaS. The zero-order chi connectivity index (χ0) is 8.97. The Balaban J connectivity index is 0. The van der Waals surface area contributed by atoms with Gasteiger partial charge in [-0.15, -0.1) is 0 Å². The summed E-state index contributed by atoms with van der Waals surface area (Å²) in [6, 6.07) is 7.65. The van der Waals surface area contributed by atoms with Crippen LogP contribution in [0.15, 0.2) is 24.3 Å². The number of nitrogens with one attached hydrogen (secondary N) is 1. The monoisotopic (exact) mass is 205 g/mol. The fraction of sp³-hybridized carbons (Fsp3) is 0.125. The van der Waals surface area contributed by atoms with E-state index in [1.54, 1.807) is 0 Å². The molecule has 66 valence electrons. The van der Waals surface area contributed by atoms with Gasteiger partial charge in [-0.05, 0) is 23.8 Å². The predicted octanol–water partition coefficient (Wildman–Crippen LogP) is -2.08. The number of para-hydroxylation sites is 1. The van der Waals surface area contributed by atoms with Gasteiger partial charge in [0.25, 0.3) is 0 Å². The molecule has 0 spiro atoms. The van der Waals surface area contributed by atoms with Gasteiger partial charge in [-0.2, -0.15) is 0 Å². The van der Waals surface area contributed by atoms with E-state index in [2.05, 4.69) is 5.32 Å². The molecule has 0 atom stereocenters. The molecule has 0 radical (unpaired) electrons. The van der Waals surface area contributed by atoms with Crippen LogP contribution in [-0.4, -0.2) is 5.11 Å². The number of anilines is 1. The Morgan fingerprint density at radius 1 is 1.46 bits per heavy atom. The van der Waals surface area contributed by atoms with Crippen molar-refractivity contribution < 1.29 is 31.0 Å². The normalized spacial score (nSPS) is 8.69. The van der Waals surface area contributed by atoms with Crippen LogP contribution >= 0.6 is 12.2 Å². The van der Waals surface area contributed by atoms with Crippen LogP contribution in [-0.2, 0) is 6.54 Å². The summed E-state index contributed by atoms with van der Waals surface area (Å²) in [6.07, 6.45) is 0. The third kappa shape index (κ3) is 4.06. The van der Waals surface area contributed by atoms with E-state index in [9.17, 15) is 0 Å². The fourth-order valence-corrected chi connectivity index (χ4v) is 1.06. The van der Waals surface area contributed by atoms with Crippen LogP contribution in [0, 0.1) is 0 Å². The van der Waals surface area contributed by atoms with E-state index in [-0.39, 0.29) is 36.1 Å². The van der Waals surface area contributed by atoms with E-state index in [1.165, 1.54) is 0 Å². The van der Waals surface area contributed by atoms with Gasteiger partial charge >= 0.3 is 29.6 Å². The van der Waals surface area contributed by atoms with Crippen LogP contribution in [0.2, 0.25) is 0 Å². The molecule has 0 fully saturated rings. The Labute approximate surface area is 107 Å². The van der Waals surface area contributed by atoms with Crippen LogP contribution in [0.25, 0.3) is 0 Å². The van der Waals surface area contributed by atoms with Crippen LogP contribution < -0.4 is 46.3 Å². The van der Waals surface area contributed by atoms with Crippen molar-refractivity contribution in [1.29, 1.82) is 0 Å². The molecule has 0 unspecified atom stereocenters. The molecule has 0 amide bonds. The topological polar surface area (TPSA) is 64.1 Å². The smallest absolute Gasteiger partial charge is 1.00 e. The molecule has 0 aromatic heterocycles. The average Bonchev–Trinajstić information content (AvgIpc) is 2.04. The molecule has 5 N–H and O–H groups in total. The Kier molecular flexibility index (Phi) is 6.28. The first-order valence-electron chi connectivity index (χ1n) is 3.58. The molecule has 0 bridgehead atoms. The van der Waals surface area contributed by atoms with Gasteiger partial charge < -0.3 is 18.2 Å². The predicted molar refractivity (Wildman–Crippen MR) is 55.9 cm³/mol. The van der Waals surface area contributed by atoms with Crippen molar-refractivity contribution >= 4 is 23.0 Å². The van der Waals surface area contributed by atoms with E-state index < -0.39 is 0 Å². The number of hydrogen-bond donors (Lipinski definition) is 3. The molecule has 0 aliphatic heterocycles. The summed E-state index contributed by atoms with van der Waals surface area (Å²) in [5, 5.41) is 3.11.